The highest BCUT2D eigenvalue weighted by Gasteiger charge is 2.19. The van der Waals surface area contributed by atoms with Gasteiger partial charge in [0.15, 0.2) is 0 Å². The van der Waals surface area contributed by atoms with Gasteiger partial charge in [-0.1, -0.05) is 44.4 Å². The topological polar surface area (TPSA) is 63.6 Å². The van der Waals surface area contributed by atoms with Crippen LogP contribution in [0.3, 0.4) is 0 Å². The van der Waals surface area contributed by atoms with Gasteiger partial charge in [0, 0.05) is 12.3 Å². The molecule has 0 spiro atoms. The van der Waals surface area contributed by atoms with Crippen LogP contribution in [0.5, 0.6) is 5.75 Å². The van der Waals surface area contributed by atoms with Crippen molar-refractivity contribution in [3.63, 3.8) is 0 Å². The number of ether oxygens (including phenoxy) is 1. The predicted octanol–water partition coefficient (Wildman–Crippen LogP) is 3.83. The van der Waals surface area contributed by atoms with Crippen LogP contribution in [0.4, 0.5) is 0 Å². The van der Waals surface area contributed by atoms with E-state index in [0.717, 1.165) is 25.7 Å². The predicted molar refractivity (Wildman–Crippen MR) is 80.4 cm³/mol. The first-order valence-corrected chi connectivity index (χ1v) is 9.13. The standard InChI is InChI=1S/C15H23O4P/c1-2-3-4-8-12-20(17,18)13-11-15(16)19-14-9-6-5-7-10-14/h5-7,9-10H,2-4,8,11-13H2,1H3,(H,17,18). The summed E-state index contributed by atoms with van der Waals surface area (Å²) < 4.78 is 17.0. The molecule has 0 aromatic heterocycles. The molecular weight excluding hydrogens is 275 g/mol. The Kier molecular flexibility index (Phi) is 7.56. The highest BCUT2D eigenvalue weighted by molar-refractivity contribution is 7.58. The Hall–Kier alpha value is -1.12. The summed E-state index contributed by atoms with van der Waals surface area (Å²) in [6.07, 6.45) is 4.17. The van der Waals surface area contributed by atoms with Crippen LogP contribution in [0.15, 0.2) is 30.3 Å². The molecule has 0 bridgehead atoms. The highest BCUT2D eigenvalue weighted by Crippen LogP contribution is 2.42. The minimum atomic E-state index is -3.19. The van der Waals surface area contributed by atoms with E-state index in [1.807, 2.05) is 6.07 Å². The van der Waals surface area contributed by atoms with Crippen molar-refractivity contribution in [2.75, 3.05) is 12.3 Å². The van der Waals surface area contributed by atoms with E-state index in [1.54, 1.807) is 24.3 Å². The normalized spacial score (nSPS) is 13.7. The van der Waals surface area contributed by atoms with Gasteiger partial charge in [-0.05, 0) is 18.6 Å². The molecule has 1 atom stereocenters. The lowest BCUT2D eigenvalue weighted by Crippen LogP contribution is -2.10. The molecule has 0 saturated heterocycles. The maximum atomic E-state index is 11.9. The van der Waals surface area contributed by atoms with E-state index in [4.69, 9.17) is 4.74 Å². The molecule has 0 heterocycles. The third kappa shape index (κ3) is 7.46. The summed E-state index contributed by atoms with van der Waals surface area (Å²) in [5, 5.41) is 0. The Labute approximate surface area is 120 Å². The van der Waals surface area contributed by atoms with Gasteiger partial charge in [-0.3, -0.25) is 9.36 Å². The van der Waals surface area contributed by atoms with Crippen molar-refractivity contribution in [1.29, 1.82) is 0 Å². The van der Waals surface area contributed by atoms with Crippen molar-refractivity contribution in [3.8, 4) is 5.75 Å². The zero-order valence-corrected chi connectivity index (χ0v) is 12.9. The molecule has 1 aromatic rings. The lowest BCUT2D eigenvalue weighted by atomic mass is 10.2. The Balaban J connectivity index is 2.27. The molecule has 5 heteroatoms. The molecule has 0 radical (unpaired) electrons. The van der Waals surface area contributed by atoms with Crippen LogP contribution in [0, 0.1) is 0 Å². The fraction of sp³-hybridized carbons (Fsp3) is 0.533. The van der Waals surface area contributed by atoms with Crippen LogP contribution >= 0.6 is 7.37 Å². The maximum absolute atomic E-state index is 11.9. The van der Waals surface area contributed by atoms with Crippen LogP contribution in [0.1, 0.15) is 39.0 Å². The summed E-state index contributed by atoms with van der Waals surface area (Å²) in [4.78, 5) is 21.4. The van der Waals surface area contributed by atoms with Gasteiger partial charge >= 0.3 is 5.97 Å². The SMILES string of the molecule is CCCCCCP(=O)(O)CCC(=O)Oc1ccccc1. The van der Waals surface area contributed by atoms with Gasteiger partial charge < -0.3 is 9.63 Å². The number of unbranched alkanes of at least 4 members (excludes halogenated alkanes) is 3. The lowest BCUT2D eigenvalue weighted by molar-refractivity contribution is -0.133. The molecule has 0 aliphatic carbocycles. The summed E-state index contributed by atoms with van der Waals surface area (Å²) in [5.41, 5.74) is 0. The fourth-order valence-electron chi connectivity index (χ4n) is 1.83. The first-order valence-electron chi connectivity index (χ1n) is 7.10. The molecule has 20 heavy (non-hydrogen) atoms. The number of esters is 1. The van der Waals surface area contributed by atoms with Gasteiger partial charge in [0.1, 0.15) is 5.75 Å². The second-order valence-electron chi connectivity index (χ2n) is 4.89. The molecule has 0 aliphatic heterocycles. The van der Waals surface area contributed by atoms with Crippen LogP contribution in [-0.2, 0) is 9.36 Å². The highest BCUT2D eigenvalue weighted by atomic mass is 31.2. The smallest absolute Gasteiger partial charge is 0.311 e. The molecule has 1 unspecified atom stereocenters. The molecule has 1 N–H and O–H groups in total. The molecule has 112 valence electrons. The maximum Gasteiger partial charge on any atom is 0.311 e. The molecular formula is C15H23O4P. The third-order valence-electron chi connectivity index (χ3n) is 3.00. The zero-order valence-electron chi connectivity index (χ0n) is 12.0. The molecule has 1 rings (SSSR count). The van der Waals surface area contributed by atoms with E-state index in [9.17, 15) is 14.3 Å². The van der Waals surface area contributed by atoms with Crippen LogP contribution in [0.25, 0.3) is 0 Å². The summed E-state index contributed by atoms with van der Waals surface area (Å²) in [6.45, 7) is 2.10. The average molecular weight is 298 g/mol. The molecule has 1 aromatic carbocycles. The number of rotatable bonds is 9. The van der Waals surface area contributed by atoms with Crippen molar-refractivity contribution >= 4 is 13.3 Å². The van der Waals surface area contributed by atoms with E-state index in [2.05, 4.69) is 6.92 Å². The second kappa shape index (κ2) is 8.93. The van der Waals surface area contributed by atoms with E-state index >= 15 is 0 Å². The fourth-order valence-corrected chi connectivity index (χ4v) is 3.31. The number of hydrogen-bond donors (Lipinski definition) is 1. The van der Waals surface area contributed by atoms with Crippen LogP contribution in [0.2, 0.25) is 0 Å². The van der Waals surface area contributed by atoms with Gasteiger partial charge in [-0.25, -0.2) is 0 Å². The lowest BCUT2D eigenvalue weighted by Gasteiger charge is -2.11. The Bertz CT molecular complexity index is 444. The van der Waals surface area contributed by atoms with E-state index < -0.39 is 13.3 Å². The summed E-state index contributed by atoms with van der Waals surface area (Å²) in [6, 6.07) is 8.73. The first-order chi connectivity index (χ1) is 9.53. The average Bonchev–Trinajstić information content (AvgIpc) is 2.43. The van der Waals surface area contributed by atoms with E-state index in [-0.39, 0.29) is 12.6 Å². The Morgan fingerprint density at radius 2 is 1.85 bits per heavy atom. The number of para-hydroxylation sites is 1. The van der Waals surface area contributed by atoms with Crippen LogP contribution < -0.4 is 4.74 Å². The summed E-state index contributed by atoms with van der Waals surface area (Å²) >= 11 is 0. The molecule has 0 saturated carbocycles. The van der Waals surface area contributed by atoms with Crippen molar-refractivity contribution in [3.05, 3.63) is 30.3 Å². The largest absolute Gasteiger partial charge is 0.427 e. The van der Waals surface area contributed by atoms with Gasteiger partial charge in [0.25, 0.3) is 0 Å². The Morgan fingerprint density at radius 3 is 2.50 bits per heavy atom. The van der Waals surface area contributed by atoms with E-state index in [1.165, 1.54) is 0 Å². The molecule has 0 amide bonds. The van der Waals surface area contributed by atoms with Crippen molar-refractivity contribution in [2.24, 2.45) is 0 Å². The van der Waals surface area contributed by atoms with Crippen molar-refractivity contribution < 1.29 is 19.0 Å². The molecule has 4 nitrogen and oxygen atoms in total. The Morgan fingerprint density at radius 1 is 1.15 bits per heavy atom. The second-order valence-corrected chi connectivity index (χ2v) is 7.48. The quantitative estimate of drug-likeness (QED) is 0.326. The number of benzene rings is 1. The molecule has 0 aliphatic rings. The zero-order chi connectivity index (χ0) is 14.8. The minimum Gasteiger partial charge on any atom is -0.427 e. The van der Waals surface area contributed by atoms with Gasteiger partial charge in [-0.15, -0.1) is 0 Å². The summed E-state index contributed by atoms with van der Waals surface area (Å²) in [5.74, 6) is 0.00671. The van der Waals surface area contributed by atoms with Gasteiger partial charge in [-0.2, -0.15) is 0 Å². The summed E-state index contributed by atoms with van der Waals surface area (Å²) in [7, 11) is -3.19. The minimum absolute atomic E-state index is 0.00475. The van der Waals surface area contributed by atoms with Gasteiger partial charge in [0.05, 0.1) is 6.42 Å². The van der Waals surface area contributed by atoms with E-state index in [0.29, 0.717) is 11.9 Å². The van der Waals surface area contributed by atoms with Crippen molar-refractivity contribution in [2.45, 2.75) is 39.0 Å². The van der Waals surface area contributed by atoms with Crippen molar-refractivity contribution in [1.82, 2.24) is 0 Å². The first kappa shape index (κ1) is 16.9. The number of carbonyl (C=O) groups excluding carboxylic acids is 1. The molecule has 0 fully saturated rings. The number of hydrogen-bond acceptors (Lipinski definition) is 3. The van der Waals surface area contributed by atoms with Crippen LogP contribution in [-0.4, -0.2) is 23.2 Å². The third-order valence-corrected chi connectivity index (χ3v) is 4.94. The number of carbonyl (C=O) groups is 1. The monoisotopic (exact) mass is 298 g/mol. The van der Waals surface area contributed by atoms with Gasteiger partial charge in [0.2, 0.25) is 7.37 Å².